The van der Waals surface area contributed by atoms with Crippen molar-refractivity contribution >= 4 is 23.1 Å². The highest BCUT2D eigenvalue weighted by molar-refractivity contribution is 6.35. The van der Waals surface area contributed by atoms with E-state index in [0.29, 0.717) is 0 Å². The van der Waals surface area contributed by atoms with Gasteiger partial charge in [0.25, 0.3) is 0 Å². The molecule has 0 unspecified atom stereocenters. The van der Waals surface area contributed by atoms with E-state index in [1.165, 1.54) is 25.3 Å². The molecule has 0 amide bonds. The maximum atomic E-state index is 13.9. The third kappa shape index (κ3) is 2.44. The Kier molecular flexibility index (Phi) is 3.90. The van der Waals surface area contributed by atoms with Crippen molar-refractivity contribution < 1.29 is 18.3 Å². The second-order valence-electron chi connectivity index (χ2n) is 4.00. The number of benzene rings is 2. The smallest absolute Gasteiger partial charge is 0.202 e. The summed E-state index contributed by atoms with van der Waals surface area (Å²) in [6.07, 6.45) is 0. The van der Waals surface area contributed by atoms with E-state index in [1.54, 1.807) is 0 Å². The molecule has 2 N–H and O–H groups in total. The minimum atomic E-state index is -1.04. The van der Waals surface area contributed by atoms with E-state index < -0.39 is 23.0 Å². The number of carbonyl (C=O) groups excluding carboxylic acids is 1. The molecule has 0 aliphatic rings. The molecule has 6 heteroatoms. The summed E-state index contributed by atoms with van der Waals surface area (Å²) in [7, 11) is 1.27. The first-order valence-corrected chi connectivity index (χ1v) is 5.95. The zero-order chi connectivity index (χ0) is 14.9. The van der Waals surface area contributed by atoms with Gasteiger partial charge in [-0.2, -0.15) is 0 Å². The van der Waals surface area contributed by atoms with E-state index in [0.717, 1.165) is 12.1 Å². The minimum absolute atomic E-state index is 0.0244. The molecule has 0 bridgehead atoms. The number of nitrogens with two attached hydrogens (primary N) is 1. The lowest BCUT2D eigenvalue weighted by atomic mass is 10.0. The number of halogens is 3. The van der Waals surface area contributed by atoms with Crippen LogP contribution in [0, 0.1) is 11.6 Å². The number of ether oxygens (including phenoxy) is 1. The van der Waals surface area contributed by atoms with Crippen molar-refractivity contribution in [2.45, 2.75) is 0 Å². The second-order valence-corrected chi connectivity index (χ2v) is 4.41. The summed E-state index contributed by atoms with van der Waals surface area (Å²) in [5.41, 5.74) is 4.85. The van der Waals surface area contributed by atoms with Crippen LogP contribution in [0.3, 0.4) is 0 Å². The molecule has 2 aromatic rings. The fourth-order valence-corrected chi connectivity index (χ4v) is 2.06. The van der Waals surface area contributed by atoms with Crippen LogP contribution < -0.4 is 10.5 Å². The van der Waals surface area contributed by atoms with Gasteiger partial charge in [0, 0.05) is 17.8 Å². The van der Waals surface area contributed by atoms with Crippen LogP contribution >= 0.6 is 11.6 Å². The standard InChI is InChI=1S/C14H10ClF2NO2/c1-20-7-5-9(16)13(10(17)6-7)14(19)12-8(15)3-2-4-11(12)18/h2-6H,18H2,1H3. The number of anilines is 1. The predicted molar refractivity (Wildman–Crippen MR) is 72.2 cm³/mol. The molecule has 0 aliphatic carbocycles. The van der Waals surface area contributed by atoms with Gasteiger partial charge in [0.2, 0.25) is 5.78 Å². The van der Waals surface area contributed by atoms with E-state index in [1.807, 2.05) is 0 Å². The fourth-order valence-electron chi connectivity index (χ4n) is 1.79. The summed E-state index contributed by atoms with van der Waals surface area (Å²) in [6, 6.07) is 6.23. The van der Waals surface area contributed by atoms with Crippen molar-refractivity contribution in [2.24, 2.45) is 0 Å². The highest BCUT2D eigenvalue weighted by Gasteiger charge is 2.24. The molecular weight excluding hydrogens is 288 g/mol. The van der Waals surface area contributed by atoms with Crippen molar-refractivity contribution in [3.63, 3.8) is 0 Å². The van der Waals surface area contributed by atoms with Crippen molar-refractivity contribution in [1.29, 1.82) is 0 Å². The molecule has 104 valence electrons. The second kappa shape index (κ2) is 5.46. The average molecular weight is 298 g/mol. The number of rotatable bonds is 3. The number of carbonyl (C=O) groups is 1. The maximum Gasteiger partial charge on any atom is 0.202 e. The first-order valence-electron chi connectivity index (χ1n) is 5.57. The summed E-state index contributed by atoms with van der Waals surface area (Å²) in [5, 5.41) is 0.0321. The summed E-state index contributed by atoms with van der Waals surface area (Å²) in [5.74, 6) is -3.01. The van der Waals surface area contributed by atoms with Crippen LogP contribution in [-0.2, 0) is 0 Å². The van der Waals surface area contributed by atoms with Crippen molar-refractivity contribution in [3.05, 3.63) is 58.1 Å². The van der Waals surface area contributed by atoms with Crippen LogP contribution in [0.5, 0.6) is 5.75 Å². The molecule has 0 atom stereocenters. The quantitative estimate of drug-likeness (QED) is 0.697. The molecule has 3 nitrogen and oxygen atoms in total. The Bertz CT molecular complexity index is 646. The Labute approximate surface area is 118 Å². The Morgan fingerprint density at radius 2 is 1.80 bits per heavy atom. The van der Waals surface area contributed by atoms with Crippen LogP contribution in [0.2, 0.25) is 5.02 Å². The van der Waals surface area contributed by atoms with E-state index in [2.05, 4.69) is 0 Å². The van der Waals surface area contributed by atoms with E-state index in [-0.39, 0.29) is 22.0 Å². The van der Waals surface area contributed by atoms with Crippen molar-refractivity contribution in [1.82, 2.24) is 0 Å². The molecule has 0 saturated carbocycles. The molecule has 0 fully saturated rings. The van der Waals surface area contributed by atoms with E-state index in [9.17, 15) is 13.6 Å². The molecule has 0 radical (unpaired) electrons. The van der Waals surface area contributed by atoms with Crippen molar-refractivity contribution in [3.8, 4) is 5.75 Å². The van der Waals surface area contributed by atoms with Gasteiger partial charge in [-0.05, 0) is 12.1 Å². The van der Waals surface area contributed by atoms with Gasteiger partial charge < -0.3 is 10.5 Å². The summed E-state index contributed by atoms with van der Waals surface area (Å²) >= 11 is 5.87. The van der Waals surface area contributed by atoms with Gasteiger partial charge in [-0.3, -0.25) is 4.79 Å². The number of hydrogen-bond acceptors (Lipinski definition) is 3. The van der Waals surface area contributed by atoms with Crippen molar-refractivity contribution in [2.75, 3.05) is 12.8 Å². The lowest BCUT2D eigenvalue weighted by Gasteiger charge is -2.10. The number of hydrogen-bond donors (Lipinski definition) is 1. The van der Waals surface area contributed by atoms with E-state index in [4.69, 9.17) is 22.1 Å². The molecule has 0 spiro atoms. The predicted octanol–water partition coefficient (Wildman–Crippen LogP) is 3.44. The summed E-state index contributed by atoms with van der Waals surface area (Å²) in [6.45, 7) is 0. The largest absolute Gasteiger partial charge is 0.497 e. The Morgan fingerprint density at radius 1 is 1.20 bits per heavy atom. The maximum absolute atomic E-state index is 13.9. The lowest BCUT2D eigenvalue weighted by molar-refractivity contribution is 0.103. The number of nitrogen functional groups attached to an aromatic ring is 1. The molecule has 20 heavy (non-hydrogen) atoms. The van der Waals surface area contributed by atoms with Crippen LogP contribution in [0.4, 0.5) is 14.5 Å². The molecule has 2 rings (SSSR count). The van der Waals surface area contributed by atoms with Gasteiger partial charge in [0.15, 0.2) is 0 Å². The lowest BCUT2D eigenvalue weighted by Crippen LogP contribution is -2.11. The highest BCUT2D eigenvalue weighted by Crippen LogP contribution is 2.28. The van der Waals surface area contributed by atoms with Gasteiger partial charge in [0.1, 0.15) is 17.4 Å². The summed E-state index contributed by atoms with van der Waals surface area (Å²) in [4.78, 5) is 12.2. The van der Waals surface area contributed by atoms with Crippen LogP contribution in [0.1, 0.15) is 15.9 Å². The first kappa shape index (κ1) is 14.3. The van der Waals surface area contributed by atoms with Gasteiger partial charge in [-0.1, -0.05) is 17.7 Å². The van der Waals surface area contributed by atoms with Crippen LogP contribution in [0.15, 0.2) is 30.3 Å². The normalized spacial score (nSPS) is 10.4. The Morgan fingerprint density at radius 3 is 2.30 bits per heavy atom. The van der Waals surface area contributed by atoms with Gasteiger partial charge in [-0.25, -0.2) is 8.78 Å². The molecule has 0 heterocycles. The van der Waals surface area contributed by atoms with Gasteiger partial charge >= 0.3 is 0 Å². The molecule has 0 aromatic heterocycles. The molecule has 0 saturated heterocycles. The topological polar surface area (TPSA) is 52.3 Å². The van der Waals surface area contributed by atoms with Gasteiger partial charge in [-0.15, -0.1) is 0 Å². The monoisotopic (exact) mass is 297 g/mol. The average Bonchev–Trinajstić information content (AvgIpc) is 2.37. The van der Waals surface area contributed by atoms with E-state index >= 15 is 0 Å². The Balaban J connectivity index is 2.60. The first-order chi connectivity index (χ1) is 9.45. The van der Waals surface area contributed by atoms with Gasteiger partial charge in [0.05, 0.1) is 23.3 Å². The third-order valence-electron chi connectivity index (χ3n) is 2.75. The highest BCUT2D eigenvalue weighted by atomic mass is 35.5. The molecule has 0 aliphatic heterocycles. The zero-order valence-corrected chi connectivity index (χ0v) is 11.2. The zero-order valence-electron chi connectivity index (χ0n) is 10.4. The fraction of sp³-hybridized carbons (Fsp3) is 0.0714. The minimum Gasteiger partial charge on any atom is -0.497 e. The van der Waals surface area contributed by atoms with Crippen LogP contribution in [-0.4, -0.2) is 12.9 Å². The molecule has 2 aromatic carbocycles. The van der Waals surface area contributed by atoms with Crippen LogP contribution in [0.25, 0.3) is 0 Å². The number of methoxy groups -OCH3 is 1. The third-order valence-corrected chi connectivity index (χ3v) is 3.07. The number of ketones is 1. The Hall–Kier alpha value is -2.14. The SMILES string of the molecule is COc1cc(F)c(C(=O)c2c(N)cccc2Cl)c(F)c1. The molecular formula is C14H10ClF2NO2. The summed E-state index contributed by atoms with van der Waals surface area (Å²) < 4.78 is 32.5.